The third-order valence-electron chi connectivity index (χ3n) is 4.63. The maximum atomic E-state index is 13.3. The number of hydrogen-bond acceptors (Lipinski definition) is 4. The number of carboxylic acids is 1. The summed E-state index contributed by atoms with van der Waals surface area (Å²) in [7, 11) is 0. The molecule has 0 aromatic heterocycles. The number of rotatable bonds is 6. The first kappa shape index (κ1) is 18.7. The Hall–Kier alpha value is -2.08. The molecule has 0 saturated heterocycles. The predicted molar refractivity (Wildman–Crippen MR) is 97.5 cm³/mol. The first-order chi connectivity index (χ1) is 12.4. The van der Waals surface area contributed by atoms with Crippen LogP contribution in [0.1, 0.15) is 27.9 Å². The predicted octanol–water partition coefficient (Wildman–Crippen LogP) is 3.52. The summed E-state index contributed by atoms with van der Waals surface area (Å²) in [5, 5.41) is 18.4. The van der Waals surface area contributed by atoms with Crippen LogP contribution in [-0.2, 0) is 16.6 Å². The maximum absolute atomic E-state index is 13.3. The van der Waals surface area contributed by atoms with E-state index in [0.717, 1.165) is 5.56 Å². The summed E-state index contributed by atoms with van der Waals surface area (Å²) in [5.74, 6) is -1.23. The number of fused-ring (bicyclic) bond motifs is 1. The SMILES string of the molecule is O=C(O)COc1cc2c(c(Cl)c1Cl)C(=O)C(CCO)(c1ccccc1)C2. The smallest absolute Gasteiger partial charge is 0.341 e. The molecule has 5 nitrogen and oxygen atoms in total. The topological polar surface area (TPSA) is 83.8 Å². The molecule has 3 rings (SSSR count). The van der Waals surface area contributed by atoms with Crippen LogP contribution in [-0.4, -0.2) is 35.2 Å². The molecular weight excluding hydrogens is 379 g/mol. The minimum atomic E-state index is -1.15. The van der Waals surface area contributed by atoms with Crippen molar-refractivity contribution >= 4 is 35.0 Å². The Morgan fingerprint density at radius 2 is 1.88 bits per heavy atom. The molecule has 2 aromatic carbocycles. The average Bonchev–Trinajstić information content (AvgIpc) is 2.91. The van der Waals surface area contributed by atoms with Gasteiger partial charge in [0.15, 0.2) is 12.4 Å². The van der Waals surface area contributed by atoms with Gasteiger partial charge in [0.05, 0.1) is 10.4 Å². The number of aliphatic hydroxyl groups is 1. The van der Waals surface area contributed by atoms with E-state index in [4.69, 9.17) is 33.0 Å². The van der Waals surface area contributed by atoms with E-state index in [0.29, 0.717) is 17.5 Å². The molecule has 7 heteroatoms. The third-order valence-corrected chi connectivity index (χ3v) is 5.47. The third kappa shape index (κ3) is 3.07. The molecule has 0 aliphatic heterocycles. The van der Waals surface area contributed by atoms with Crippen LogP contribution >= 0.6 is 23.2 Å². The van der Waals surface area contributed by atoms with E-state index in [1.165, 1.54) is 0 Å². The van der Waals surface area contributed by atoms with E-state index in [9.17, 15) is 14.7 Å². The largest absolute Gasteiger partial charge is 0.480 e. The van der Waals surface area contributed by atoms with Crippen molar-refractivity contribution in [2.45, 2.75) is 18.3 Å². The molecule has 26 heavy (non-hydrogen) atoms. The lowest BCUT2D eigenvalue weighted by Gasteiger charge is -2.27. The molecule has 2 aromatic rings. The van der Waals surface area contributed by atoms with Crippen LogP contribution in [0.4, 0.5) is 0 Å². The lowest BCUT2D eigenvalue weighted by atomic mass is 9.74. The van der Waals surface area contributed by atoms with Gasteiger partial charge in [-0.25, -0.2) is 4.79 Å². The monoisotopic (exact) mass is 394 g/mol. The summed E-state index contributed by atoms with van der Waals surface area (Å²) in [5.41, 5.74) is 0.783. The van der Waals surface area contributed by atoms with Crippen LogP contribution < -0.4 is 4.74 Å². The average molecular weight is 395 g/mol. The minimum Gasteiger partial charge on any atom is -0.480 e. The van der Waals surface area contributed by atoms with Crippen molar-refractivity contribution in [1.29, 1.82) is 0 Å². The minimum absolute atomic E-state index is 0.00729. The molecule has 0 radical (unpaired) electrons. The zero-order valence-corrected chi connectivity index (χ0v) is 15.2. The second-order valence-corrected chi connectivity index (χ2v) is 6.90. The van der Waals surface area contributed by atoms with Crippen LogP contribution in [0.15, 0.2) is 36.4 Å². The van der Waals surface area contributed by atoms with Gasteiger partial charge in [-0.05, 0) is 30.0 Å². The Labute approximate surface area is 160 Å². The van der Waals surface area contributed by atoms with Gasteiger partial charge in [-0.2, -0.15) is 0 Å². The van der Waals surface area contributed by atoms with Crippen molar-refractivity contribution < 1.29 is 24.5 Å². The first-order valence-corrected chi connectivity index (χ1v) is 8.73. The van der Waals surface area contributed by atoms with E-state index in [2.05, 4.69) is 0 Å². The van der Waals surface area contributed by atoms with Gasteiger partial charge in [-0.3, -0.25) is 4.79 Å². The molecule has 0 bridgehead atoms. The van der Waals surface area contributed by atoms with Crippen LogP contribution in [0.2, 0.25) is 10.0 Å². The molecule has 1 atom stereocenters. The summed E-state index contributed by atoms with van der Waals surface area (Å²) in [6, 6.07) is 10.8. The Kier molecular flexibility index (Phi) is 5.23. The number of hydrogen-bond donors (Lipinski definition) is 2. The van der Waals surface area contributed by atoms with Gasteiger partial charge in [-0.1, -0.05) is 53.5 Å². The fourth-order valence-corrected chi connectivity index (χ4v) is 3.96. The normalized spacial score (nSPS) is 18.7. The van der Waals surface area contributed by atoms with Crippen molar-refractivity contribution in [3.8, 4) is 5.75 Å². The molecule has 0 heterocycles. The number of aliphatic carboxylic acids is 1. The van der Waals surface area contributed by atoms with E-state index in [1.807, 2.05) is 30.3 Å². The van der Waals surface area contributed by atoms with Crippen LogP contribution in [0.5, 0.6) is 5.75 Å². The Bertz CT molecular complexity index is 866. The van der Waals surface area contributed by atoms with Crippen molar-refractivity contribution in [3.05, 3.63) is 63.1 Å². The van der Waals surface area contributed by atoms with Crippen molar-refractivity contribution in [2.24, 2.45) is 0 Å². The van der Waals surface area contributed by atoms with Crippen molar-refractivity contribution in [1.82, 2.24) is 0 Å². The van der Waals surface area contributed by atoms with Crippen LogP contribution in [0, 0.1) is 0 Å². The number of Topliss-reactive ketones (excluding diaryl/α,β-unsaturated/α-hetero) is 1. The molecular formula is C19H16Cl2O5. The van der Waals surface area contributed by atoms with Gasteiger partial charge in [0.1, 0.15) is 10.8 Å². The van der Waals surface area contributed by atoms with Crippen molar-refractivity contribution in [2.75, 3.05) is 13.2 Å². The van der Waals surface area contributed by atoms with Crippen LogP contribution in [0.25, 0.3) is 0 Å². The van der Waals surface area contributed by atoms with E-state index in [1.54, 1.807) is 6.07 Å². The lowest BCUT2D eigenvalue weighted by Crippen LogP contribution is -2.34. The number of carboxylic acid groups (broad SMARTS) is 1. The zero-order chi connectivity index (χ0) is 18.9. The quantitative estimate of drug-likeness (QED) is 0.782. The molecule has 136 valence electrons. The van der Waals surface area contributed by atoms with Crippen LogP contribution in [0.3, 0.4) is 0 Å². The summed E-state index contributed by atoms with van der Waals surface area (Å²) in [6.45, 7) is -0.731. The number of carbonyl (C=O) groups excluding carboxylic acids is 1. The summed E-state index contributed by atoms with van der Waals surface area (Å²) >= 11 is 12.5. The number of benzene rings is 2. The molecule has 0 fully saturated rings. The van der Waals surface area contributed by atoms with Gasteiger partial charge >= 0.3 is 5.97 Å². The summed E-state index contributed by atoms with van der Waals surface area (Å²) < 4.78 is 5.20. The Morgan fingerprint density at radius 3 is 2.50 bits per heavy atom. The molecule has 0 amide bonds. The Morgan fingerprint density at radius 1 is 1.19 bits per heavy atom. The fourth-order valence-electron chi connectivity index (χ4n) is 3.45. The molecule has 0 saturated carbocycles. The standard InChI is InChI=1S/C19H16Cl2O5/c20-16-13(26-10-14(23)24)8-11-9-19(6-7-22,12-4-2-1-3-5-12)18(25)15(11)17(16)21/h1-5,8,22H,6-7,9-10H2,(H,23,24). The van der Waals surface area contributed by atoms with Gasteiger partial charge in [-0.15, -0.1) is 0 Å². The molecule has 1 aliphatic carbocycles. The number of ether oxygens (including phenoxy) is 1. The van der Waals surface area contributed by atoms with Gasteiger partial charge in [0.25, 0.3) is 0 Å². The second kappa shape index (κ2) is 7.27. The van der Waals surface area contributed by atoms with Gasteiger partial charge in [0.2, 0.25) is 0 Å². The molecule has 0 spiro atoms. The lowest BCUT2D eigenvalue weighted by molar-refractivity contribution is -0.139. The molecule has 1 aliphatic rings. The number of carbonyl (C=O) groups is 2. The maximum Gasteiger partial charge on any atom is 0.341 e. The Balaban J connectivity index is 2.10. The number of aliphatic hydroxyl groups excluding tert-OH is 1. The zero-order valence-electron chi connectivity index (χ0n) is 13.7. The van der Waals surface area contributed by atoms with E-state index < -0.39 is 18.0 Å². The van der Waals surface area contributed by atoms with E-state index in [-0.39, 0.29) is 34.6 Å². The fraction of sp³-hybridized carbons (Fsp3) is 0.263. The first-order valence-electron chi connectivity index (χ1n) is 7.97. The second-order valence-electron chi connectivity index (χ2n) is 6.15. The highest BCUT2D eigenvalue weighted by Crippen LogP contribution is 2.48. The molecule has 2 N–H and O–H groups in total. The molecule has 1 unspecified atom stereocenters. The van der Waals surface area contributed by atoms with Crippen molar-refractivity contribution in [3.63, 3.8) is 0 Å². The number of halogens is 2. The van der Waals surface area contributed by atoms with Gasteiger partial charge < -0.3 is 14.9 Å². The summed E-state index contributed by atoms with van der Waals surface area (Å²) in [4.78, 5) is 24.0. The highest BCUT2D eigenvalue weighted by Gasteiger charge is 2.48. The summed E-state index contributed by atoms with van der Waals surface area (Å²) in [6.07, 6.45) is 0.565. The number of ketones is 1. The highest BCUT2D eigenvalue weighted by atomic mass is 35.5. The van der Waals surface area contributed by atoms with E-state index >= 15 is 0 Å². The highest BCUT2D eigenvalue weighted by molar-refractivity contribution is 6.45. The van der Waals surface area contributed by atoms with Gasteiger partial charge in [0, 0.05) is 12.2 Å².